The smallest absolute Gasteiger partial charge is 0.216 e. The van der Waals surface area contributed by atoms with Crippen molar-refractivity contribution in [3.63, 3.8) is 0 Å². The Balaban J connectivity index is 1.64. The maximum atomic E-state index is 15.6. The quantitative estimate of drug-likeness (QED) is 0.488. The average Bonchev–Trinajstić information content (AvgIpc) is 3.32. The first-order valence-corrected chi connectivity index (χ1v) is 13.7. The molecule has 3 aliphatic heterocycles. The van der Waals surface area contributed by atoms with Crippen molar-refractivity contribution >= 4 is 30.3 Å². The molecule has 4 heterocycles. The molecule has 0 spiro atoms. The molecule has 180 valence electrons. The van der Waals surface area contributed by atoms with Gasteiger partial charge in [0.1, 0.15) is 0 Å². The zero-order valence-corrected chi connectivity index (χ0v) is 21.5. The van der Waals surface area contributed by atoms with Crippen LogP contribution in [-0.4, -0.2) is 54.0 Å². The molecule has 35 heavy (non-hydrogen) atoms. The first-order chi connectivity index (χ1) is 16.8. The molecule has 6 rings (SSSR count). The van der Waals surface area contributed by atoms with Crippen LogP contribution in [0.15, 0.2) is 70.6 Å². The third-order valence-electron chi connectivity index (χ3n) is 7.44. The van der Waals surface area contributed by atoms with Crippen molar-refractivity contribution in [1.29, 1.82) is 0 Å². The van der Waals surface area contributed by atoms with Crippen LogP contribution in [-0.2, 0) is 14.7 Å². The molecule has 0 radical (unpaired) electrons. The molecule has 0 aliphatic carbocycles. The number of aromatic nitrogens is 2. The number of morpholine rings is 1. The van der Waals surface area contributed by atoms with Crippen LogP contribution in [0.3, 0.4) is 0 Å². The van der Waals surface area contributed by atoms with Crippen LogP contribution >= 0.6 is 7.29 Å². The molecule has 0 saturated carbocycles. The second-order valence-electron chi connectivity index (χ2n) is 9.84. The molecule has 0 bridgehead atoms. The van der Waals surface area contributed by atoms with Crippen LogP contribution in [0.4, 0.5) is 11.5 Å². The second kappa shape index (κ2) is 8.02. The number of likely N-dealkylation sites (N-methyl/N-ethyl adjacent to an activating group) is 1. The van der Waals surface area contributed by atoms with Gasteiger partial charge >= 0.3 is 0 Å². The summed E-state index contributed by atoms with van der Waals surface area (Å²) in [4.78, 5) is 7.13. The molecular formula is C27H30N5O2P. The van der Waals surface area contributed by atoms with Crippen LogP contribution in [0, 0.1) is 6.92 Å². The van der Waals surface area contributed by atoms with E-state index in [1.165, 1.54) is 5.56 Å². The Morgan fingerprint density at radius 1 is 1.00 bits per heavy atom. The summed E-state index contributed by atoms with van der Waals surface area (Å²) in [5.74, 6) is 0.656. The molecule has 1 fully saturated rings. The third kappa shape index (κ3) is 3.15. The minimum Gasteiger partial charge on any atom is -0.379 e. The van der Waals surface area contributed by atoms with Crippen molar-refractivity contribution in [2.45, 2.75) is 26.2 Å². The lowest BCUT2D eigenvalue weighted by Gasteiger charge is -2.39. The van der Waals surface area contributed by atoms with Crippen molar-refractivity contribution in [3.05, 3.63) is 76.9 Å². The van der Waals surface area contributed by atoms with E-state index in [4.69, 9.17) is 14.8 Å². The van der Waals surface area contributed by atoms with Gasteiger partial charge in [-0.1, -0.05) is 50.2 Å². The summed E-state index contributed by atoms with van der Waals surface area (Å²) in [6.07, 6.45) is 1.85. The Labute approximate surface area is 206 Å². The van der Waals surface area contributed by atoms with Crippen LogP contribution in [0.5, 0.6) is 0 Å². The van der Waals surface area contributed by atoms with E-state index in [9.17, 15) is 0 Å². The number of hydrogen-bond donors (Lipinski definition) is 0. The normalized spacial score (nSPS) is 25.5. The summed E-state index contributed by atoms with van der Waals surface area (Å²) < 4.78 is 25.2. The molecule has 8 heteroatoms. The van der Waals surface area contributed by atoms with Gasteiger partial charge in [0.15, 0.2) is 5.82 Å². The summed E-state index contributed by atoms with van der Waals surface area (Å²) >= 11 is 0. The number of para-hydroxylation sites is 2. The fourth-order valence-electron chi connectivity index (χ4n) is 5.84. The van der Waals surface area contributed by atoms with E-state index in [-0.39, 0.29) is 5.41 Å². The standard InChI is InChI=1S/C27H30N5O2P/c1-19-24-26(32(29-19)20-10-6-5-7-11-20)28-18-23(35(24,33)31-14-16-34-17-15-31)25-27(2,3)21-12-8-9-13-22(21)30(25)4/h5-13,18H,14-17H2,1-4H3. The van der Waals surface area contributed by atoms with Gasteiger partial charge in [0.2, 0.25) is 7.29 Å². The molecule has 0 N–H and O–H groups in total. The van der Waals surface area contributed by atoms with Gasteiger partial charge in [0, 0.05) is 43.2 Å². The number of anilines is 1. The Bertz CT molecular complexity index is 1420. The summed E-state index contributed by atoms with van der Waals surface area (Å²) in [7, 11) is -1.19. The van der Waals surface area contributed by atoms with E-state index in [1.807, 2.05) is 48.2 Å². The van der Waals surface area contributed by atoms with E-state index in [1.54, 1.807) is 0 Å². The van der Waals surface area contributed by atoms with Crippen LogP contribution in [0.25, 0.3) is 5.69 Å². The molecular weight excluding hydrogens is 457 g/mol. The van der Waals surface area contributed by atoms with Gasteiger partial charge in [0.05, 0.1) is 35.2 Å². The lowest BCUT2D eigenvalue weighted by atomic mass is 9.84. The van der Waals surface area contributed by atoms with E-state index < -0.39 is 7.29 Å². The minimum atomic E-state index is -3.26. The number of rotatable bonds is 2. The maximum absolute atomic E-state index is 15.6. The molecule has 3 aliphatic rings. The monoisotopic (exact) mass is 487 g/mol. The molecule has 0 amide bonds. The number of ether oxygens (including phenoxy) is 1. The topological polar surface area (TPSA) is 63.0 Å². The molecule has 3 aromatic rings. The Morgan fingerprint density at radius 3 is 2.40 bits per heavy atom. The van der Waals surface area contributed by atoms with E-state index in [0.29, 0.717) is 32.1 Å². The zero-order chi connectivity index (χ0) is 24.4. The van der Waals surface area contributed by atoms with E-state index in [0.717, 1.165) is 33.4 Å². The SMILES string of the molecule is Cc1nn(-c2ccccc2)c2c1P(=O)(N1CCOCC1)C(=C1N(C)c3ccccc3C1(C)C)C=N2. The third-order valence-corrected chi connectivity index (χ3v) is 10.7. The minimum absolute atomic E-state index is 0.324. The fraction of sp³-hybridized carbons (Fsp3) is 0.333. The lowest BCUT2D eigenvalue weighted by molar-refractivity contribution is 0.0730. The number of nitrogens with zero attached hydrogens (tertiary/aromatic N) is 5. The summed E-state index contributed by atoms with van der Waals surface area (Å²) in [6, 6.07) is 18.4. The number of allylic oxidation sites excluding steroid dienone is 2. The summed E-state index contributed by atoms with van der Waals surface area (Å²) in [5, 5.41) is 6.39. The predicted molar refractivity (Wildman–Crippen MR) is 141 cm³/mol. The molecule has 2 aromatic carbocycles. The Morgan fingerprint density at radius 2 is 1.69 bits per heavy atom. The summed E-state index contributed by atoms with van der Waals surface area (Å²) in [6.45, 7) is 8.71. The van der Waals surface area contributed by atoms with E-state index >= 15 is 4.57 Å². The predicted octanol–water partition coefficient (Wildman–Crippen LogP) is 4.77. The maximum Gasteiger partial charge on any atom is 0.216 e. The highest BCUT2D eigenvalue weighted by molar-refractivity contribution is 7.75. The molecule has 1 aromatic heterocycles. The van der Waals surface area contributed by atoms with Crippen LogP contribution in [0.2, 0.25) is 0 Å². The number of hydrogen-bond acceptors (Lipinski definition) is 5. The Hall–Kier alpha value is -2.99. The zero-order valence-electron chi connectivity index (χ0n) is 20.6. The van der Waals surface area contributed by atoms with Crippen LogP contribution in [0.1, 0.15) is 25.1 Å². The number of aryl methyl sites for hydroxylation is 1. The molecule has 7 nitrogen and oxygen atoms in total. The number of fused-ring (bicyclic) bond motifs is 2. The first kappa shape index (κ1) is 22.5. The number of aliphatic imine (C=N–C) groups is 1. The average molecular weight is 488 g/mol. The first-order valence-electron chi connectivity index (χ1n) is 12.1. The van der Waals surface area contributed by atoms with Crippen molar-refractivity contribution in [3.8, 4) is 5.69 Å². The number of benzene rings is 2. The summed E-state index contributed by atoms with van der Waals surface area (Å²) in [5.41, 5.74) is 4.75. The van der Waals surface area contributed by atoms with Gasteiger partial charge in [-0.05, 0) is 30.7 Å². The van der Waals surface area contributed by atoms with Gasteiger partial charge < -0.3 is 9.64 Å². The fourth-order valence-corrected chi connectivity index (χ4v) is 9.23. The van der Waals surface area contributed by atoms with Gasteiger partial charge in [-0.25, -0.2) is 14.3 Å². The van der Waals surface area contributed by atoms with Gasteiger partial charge in [-0.2, -0.15) is 5.10 Å². The molecule has 1 saturated heterocycles. The van der Waals surface area contributed by atoms with Crippen molar-refractivity contribution in [1.82, 2.24) is 14.5 Å². The van der Waals surface area contributed by atoms with Gasteiger partial charge in [0.25, 0.3) is 0 Å². The van der Waals surface area contributed by atoms with Crippen molar-refractivity contribution in [2.75, 3.05) is 38.3 Å². The molecule has 1 unspecified atom stereocenters. The molecule has 1 atom stereocenters. The lowest BCUT2D eigenvalue weighted by Crippen LogP contribution is -2.40. The van der Waals surface area contributed by atoms with Crippen LogP contribution < -0.4 is 10.2 Å². The van der Waals surface area contributed by atoms with Crippen molar-refractivity contribution in [2.24, 2.45) is 4.99 Å². The van der Waals surface area contributed by atoms with E-state index in [2.05, 4.69) is 54.7 Å². The highest BCUT2D eigenvalue weighted by Gasteiger charge is 2.50. The van der Waals surface area contributed by atoms with Gasteiger partial charge in [-0.3, -0.25) is 4.57 Å². The Kier molecular flexibility index (Phi) is 5.15. The van der Waals surface area contributed by atoms with Crippen molar-refractivity contribution < 1.29 is 9.30 Å². The largest absolute Gasteiger partial charge is 0.379 e. The van der Waals surface area contributed by atoms with Gasteiger partial charge in [-0.15, -0.1) is 0 Å². The second-order valence-corrected chi connectivity index (χ2v) is 12.5. The highest BCUT2D eigenvalue weighted by atomic mass is 31.2. The highest BCUT2D eigenvalue weighted by Crippen LogP contribution is 2.64.